The number of benzene rings is 1. The van der Waals surface area contributed by atoms with Crippen LogP contribution in [-0.4, -0.2) is 41.3 Å². The Labute approximate surface area is 160 Å². The molecule has 0 radical (unpaired) electrons. The quantitative estimate of drug-likeness (QED) is 0.785. The van der Waals surface area contributed by atoms with E-state index in [9.17, 15) is 13.2 Å². The second-order valence-electron chi connectivity index (χ2n) is 6.60. The van der Waals surface area contributed by atoms with Crippen molar-refractivity contribution in [2.24, 2.45) is 0 Å². The third kappa shape index (κ3) is 4.22. The molecule has 1 aromatic carbocycles. The lowest BCUT2D eigenvalue weighted by Gasteiger charge is -2.18. The van der Waals surface area contributed by atoms with E-state index in [2.05, 4.69) is 14.9 Å². The molecule has 1 aliphatic rings. The van der Waals surface area contributed by atoms with Crippen LogP contribution in [0.15, 0.2) is 35.4 Å². The molecule has 7 nitrogen and oxygen atoms in total. The first-order valence-electron chi connectivity index (χ1n) is 9.39. The number of carbonyl (C=O) groups is 1. The van der Waals surface area contributed by atoms with Gasteiger partial charge in [-0.1, -0.05) is 19.9 Å². The third-order valence-corrected chi connectivity index (χ3v) is 6.87. The van der Waals surface area contributed by atoms with Crippen LogP contribution in [0.5, 0.6) is 0 Å². The fourth-order valence-electron chi connectivity index (χ4n) is 3.34. The molecule has 0 spiro atoms. The molecule has 0 atom stereocenters. The Bertz CT molecular complexity index is 893. The van der Waals surface area contributed by atoms with Crippen LogP contribution in [0.1, 0.15) is 48.6 Å². The standard InChI is InChI=1S/C19H26N4O3S/c1-3-23(4-2)27(25,26)17-9-7-8-15(12-17)19(24)20-13-16-14-22-11-6-5-10-18(22)21-16/h7-9,12,14H,3-6,10-11,13H2,1-2H3,(H,20,24). The summed E-state index contributed by atoms with van der Waals surface area (Å²) in [5.41, 5.74) is 1.15. The molecule has 146 valence electrons. The van der Waals surface area contributed by atoms with Crippen molar-refractivity contribution in [3.8, 4) is 0 Å². The molecule has 1 aliphatic heterocycles. The highest BCUT2D eigenvalue weighted by Crippen LogP contribution is 2.17. The van der Waals surface area contributed by atoms with Crippen LogP contribution in [0, 0.1) is 0 Å². The minimum atomic E-state index is -3.59. The Balaban J connectivity index is 1.71. The van der Waals surface area contributed by atoms with Crippen LogP contribution in [0.3, 0.4) is 0 Å². The number of imidazole rings is 1. The van der Waals surface area contributed by atoms with Gasteiger partial charge in [-0.2, -0.15) is 4.31 Å². The average molecular weight is 391 g/mol. The number of aromatic nitrogens is 2. The summed E-state index contributed by atoms with van der Waals surface area (Å²) >= 11 is 0. The molecule has 0 saturated heterocycles. The highest BCUT2D eigenvalue weighted by atomic mass is 32.2. The number of carbonyl (C=O) groups excluding carboxylic acids is 1. The van der Waals surface area contributed by atoms with E-state index < -0.39 is 10.0 Å². The first kappa shape index (κ1) is 19.6. The van der Waals surface area contributed by atoms with Gasteiger partial charge in [0.05, 0.1) is 17.1 Å². The molecule has 0 saturated carbocycles. The van der Waals surface area contributed by atoms with Crippen LogP contribution in [0.4, 0.5) is 0 Å². The molecular formula is C19H26N4O3S. The van der Waals surface area contributed by atoms with Crippen LogP contribution in [-0.2, 0) is 29.5 Å². The molecule has 8 heteroatoms. The maximum Gasteiger partial charge on any atom is 0.251 e. The summed E-state index contributed by atoms with van der Waals surface area (Å²) in [4.78, 5) is 17.2. The van der Waals surface area contributed by atoms with Crippen molar-refractivity contribution in [1.29, 1.82) is 0 Å². The zero-order chi connectivity index (χ0) is 19.4. The van der Waals surface area contributed by atoms with Gasteiger partial charge in [-0.25, -0.2) is 13.4 Å². The second kappa shape index (κ2) is 8.22. The van der Waals surface area contributed by atoms with Crippen LogP contribution in [0.2, 0.25) is 0 Å². The monoisotopic (exact) mass is 390 g/mol. The Kier molecular flexibility index (Phi) is 5.96. The summed E-state index contributed by atoms with van der Waals surface area (Å²) in [5, 5.41) is 2.84. The maximum absolute atomic E-state index is 12.6. The first-order chi connectivity index (χ1) is 13.0. The number of sulfonamides is 1. The Morgan fingerprint density at radius 3 is 2.74 bits per heavy atom. The van der Waals surface area contributed by atoms with E-state index in [-0.39, 0.29) is 10.8 Å². The molecular weight excluding hydrogens is 364 g/mol. The normalized spacial score (nSPS) is 14.2. The Hall–Kier alpha value is -2.19. The lowest BCUT2D eigenvalue weighted by Crippen LogP contribution is -2.31. The fourth-order valence-corrected chi connectivity index (χ4v) is 4.84. The van der Waals surface area contributed by atoms with Gasteiger partial charge in [0.1, 0.15) is 5.82 Å². The second-order valence-corrected chi connectivity index (χ2v) is 8.54. The fraction of sp³-hybridized carbons (Fsp3) is 0.474. The molecule has 3 rings (SSSR count). The number of rotatable bonds is 7. The van der Waals surface area contributed by atoms with Crippen molar-refractivity contribution in [1.82, 2.24) is 19.2 Å². The van der Waals surface area contributed by atoms with E-state index in [0.717, 1.165) is 37.3 Å². The van der Waals surface area contributed by atoms with Crippen LogP contribution in [0.25, 0.3) is 0 Å². The van der Waals surface area contributed by atoms with Gasteiger partial charge in [-0.15, -0.1) is 0 Å². The number of aryl methyl sites for hydroxylation is 2. The van der Waals surface area contributed by atoms with E-state index in [1.165, 1.54) is 16.4 Å². The highest BCUT2D eigenvalue weighted by Gasteiger charge is 2.22. The summed E-state index contributed by atoms with van der Waals surface area (Å²) in [7, 11) is -3.59. The van der Waals surface area contributed by atoms with Crippen molar-refractivity contribution in [3.63, 3.8) is 0 Å². The molecule has 27 heavy (non-hydrogen) atoms. The van der Waals surface area contributed by atoms with Gasteiger partial charge in [-0.05, 0) is 31.0 Å². The van der Waals surface area contributed by atoms with Gasteiger partial charge in [0.2, 0.25) is 10.0 Å². The Morgan fingerprint density at radius 1 is 1.26 bits per heavy atom. The molecule has 1 N–H and O–H groups in total. The summed E-state index contributed by atoms with van der Waals surface area (Å²) in [5.74, 6) is 0.760. The largest absolute Gasteiger partial charge is 0.346 e. The van der Waals surface area contributed by atoms with Crippen molar-refractivity contribution in [3.05, 3.63) is 47.5 Å². The number of nitrogens with one attached hydrogen (secondary N) is 1. The van der Waals surface area contributed by atoms with Crippen molar-refractivity contribution in [2.75, 3.05) is 13.1 Å². The lowest BCUT2D eigenvalue weighted by atomic mass is 10.2. The predicted molar refractivity (Wildman–Crippen MR) is 103 cm³/mol. The molecule has 0 aliphatic carbocycles. The molecule has 0 unspecified atom stereocenters. The first-order valence-corrected chi connectivity index (χ1v) is 10.8. The molecule has 2 heterocycles. The third-order valence-electron chi connectivity index (χ3n) is 4.83. The van der Waals surface area contributed by atoms with Gasteiger partial charge < -0.3 is 9.88 Å². The van der Waals surface area contributed by atoms with Crippen molar-refractivity contribution < 1.29 is 13.2 Å². The van der Waals surface area contributed by atoms with E-state index in [0.29, 0.717) is 25.2 Å². The van der Waals surface area contributed by atoms with E-state index in [4.69, 9.17) is 0 Å². The molecule has 0 fully saturated rings. The van der Waals surface area contributed by atoms with Gasteiger partial charge >= 0.3 is 0 Å². The summed E-state index contributed by atoms with van der Waals surface area (Å²) in [6.07, 6.45) is 5.26. The van der Waals surface area contributed by atoms with Gasteiger partial charge in [0, 0.05) is 37.8 Å². The van der Waals surface area contributed by atoms with Gasteiger partial charge in [0.15, 0.2) is 0 Å². The maximum atomic E-state index is 12.6. The van der Waals surface area contributed by atoms with E-state index in [1.807, 2.05) is 6.20 Å². The highest BCUT2D eigenvalue weighted by molar-refractivity contribution is 7.89. The topological polar surface area (TPSA) is 84.3 Å². The minimum Gasteiger partial charge on any atom is -0.346 e. The van der Waals surface area contributed by atoms with E-state index in [1.54, 1.807) is 26.0 Å². The summed E-state index contributed by atoms with van der Waals surface area (Å²) in [6, 6.07) is 6.17. The van der Waals surface area contributed by atoms with Crippen molar-refractivity contribution in [2.45, 2.75) is 51.1 Å². The number of amides is 1. The number of fused-ring (bicyclic) bond motifs is 1. The Morgan fingerprint density at radius 2 is 2.04 bits per heavy atom. The number of hydrogen-bond donors (Lipinski definition) is 1. The predicted octanol–water partition coefficient (Wildman–Crippen LogP) is 2.18. The van der Waals surface area contributed by atoms with Gasteiger partial charge in [0.25, 0.3) is 5.91 Å². The summed E-state index contributed by atoms with van der Waals surface area (Å²) < 4.78 is 28.8. The van der Waals surface area contributed by atoms with E-state index >= 15 is 0 Å². The smallest absolute Gasteiger partial charge is 0.251 e. The molecule has 2 aromatic rings. The lowest BCUT2D eigenvalue weighted by molar-refractivity contribution is 0.0950. The van der Waals surface area contributed by atoms with Crippen LogP contribution >= 0.6 is 0 Å². The number of nitrogens with zero attached hydrogens (tertiary/aromatic N) is 3. The number of hydrogen-bond acceptors (Lipinski definition) is 4. The SMILES string of the molecule is CCN(CC)S(=O)(=O)c1cccc(C(=O)NCc2cn3c(n2)CCCC3)c1. The molecule has 1 aromatic heterocycles. The molecule has 0 bridgehead atoms. The van der Waals surface area contributed by atoms with Crippen molar-refractivity contribution >= 4 is 15.9 Å². The summed E-state index contributed by atoms with van der Waals surface area (Å²) in [6.45, 7) is 5.66. The average Bonchev–Trinajstić information content (AvgIpc) is 3.10. The zero-order valence-electron chi connectivity index (χ0n) is 15.8. The minimum absolute atomic E-state index is 0.135. The zero-order valence-corrected chi connectivity index (χ0v) is 16.6. The molecule has 1 amide bonds. The van der Waals surface area contributed by atoms with Crippen LogP contribution < -0.4 is 5.32 Å². The van der Waals surface area contributed by atoms with Gasteiger partial charge in [-0.3, -0.25) is 4.79 Å².